The lowest BCUT2D eigenvalue weighted by atomic mass is 10.0. The molecule has 0 heterocycles. The molecular formula is C14H19BrO4. The van der Waals surface area contributed by atoms with Crippen molar-refractivity contribution in [2.24, 2.45) is 0 Å². The van der Waals surface area contributed by atoms with E-state index in [0.29, 0.717) is 19.4 Å². The first-order valence-corrected chi connectivity index (χ1v) is 7.16. The van der Waals surface area contributed by atoms with Crippen LogP contribution >= 0.6 is 15.9 Å². The lowest BCUT2D eigenvalue weighted by Crippen LogP contribution is -2.01. The number of aliphatic hydroxyl groups is 1. The summed E-state index contributed by atoms with van der Waals surface area (Å²) in [7, 11) is 0. The molecule has 0 aliphatic heterocycles. The minimum atomic E-state index is -0.836. The molecule has 0 spiro atoms. The van der Waals surface area contributed by atoms with Gasteiger partial charge < -0.3 is 14.9 Å². The smallest absolute Gasteiger partial charge is 0.303 e. The molecule has 0 aliphatic rings. The van der Waals surface area contributed by atoms with Gasteiger partial charge in [0.25, 0.3) is 0 Å². The van der Waals surface area contributed by atoms with E-state index in [9.17, 15) is 9.90 Å². The Labute approximate surface area is 121 Å². The highest BCUT2D eigenvalue weighted by Gasteiger charge is 2.11. The molecule has 5 heteroatoms. The van der Waals surface area contributed by atoms with E-state index in [1.165, 1.54) is 0 Å². The number of hydrogen-bond acceptors (Lipinski definition) is 3. The highest BCUT2D eigenvalue weighted by atomic mass is 79.9. The van der Waals surface area contributed by atoms with Crippen LogP contribution in [0.3, 0.4) is 0 Å². The van der Waals surface area contributed by atoms with E-state index in [-0.39, 0.29) is 6.42 Å². The number of aliphatic carboxylic acids is 1. The Kier molecular flexibility index (Phi) is 6.87. The van der Waals surface area contributed by atoms with Gasteiger partial charge in [-0.2, -0.15) is 0 Å². The molecular weight excluding hydrogens is 312 g/mol. The molecule has 0 bridgehead atoms. The first-order valence-electron chi connectivity index (χ1n) is 6.36. The molecule has 0 aliphatic carbocycles. The van der Waals surface area contributed by atoms with E-state index in [0.717, 1.165) is 22.2 Å². The maximum atomic E-state index is 10.4. The number of hydrogen-bond donors (Lipinski definition) is 2. The summed E-state index contributed by atoms with van der Waals surface area (Å²) in [6.45, 7) is 2.69. The van der Waals surface area contributed by atoms with Gasteiger partial charge in [0.1, 0.15) is 5.75 Å². The second-order valence-corrected chi connectivity index (χ2v) is 5.19. The predicted octanol–water partition coefficient (Wildman–Crippen LogP) is 3.53. The maximum Gasteiger partial charge on any atom is 0.303 e. The van der Waals surface area contributed by atoms with Gasteiger partial charge in [0.05, 0.1) is 17.2 Å². The minimum absolute atomic E-state index is 0.0793. The fourth-order valence-corrected chi connectivity index (χ4v) is 2.18. The van der Waals surface area contributed by atoms with E-state index >= 15 is 0 Å². The third-order valence-electron chi connectivity index (χ3n) is 2.67. The SMILES string of the molecule is CCCOc1ccc(C(O)CCCC(=O)O)cc1Br. The van der Waals surface area contributed by atoms with Crippen molar-refractivity contribution >= 4 is 21.9 Å². The Bertz CT molecular complexity index is 420. The van der Waals surface area contributed by atoms with Crippen LogP contribution in [0, 0.1) is 0 Å². The van der Waals surface area contributed by atoms with Crippen molar-refractivity contribution in [1.29, 1.82) is 0 Å². The fraction of sp³-hybridized carbons (Fsp3) is 0.500. The molecule has 4 nitrogen and oxygen atoms in total. The molecule has 0 radical (unpaired) electrons. The number of carbonyl (C=O) groups is 1. The Morgan fingerprint density at radius 3 is 2.79 bits per heavy atom. The van der Waals surface area contributed by atoms with Crippen molar-refractivity contribution in [3.63, 3.8) is 0 Å². The normalized spacial score (nSPS) is 12.2. The molecule has 0 saturated heterocycles. The van der Waals surface area contributed by atoms with Crippen molar-refractivity contribution in [2.45, 2.75) is 38.7 Å². The summed E-state index contributed by atoms with van der Waals surface area (Å²) in [5, 5.41) is 18.5. The molecule has 0 aromatic heterocycles. The zero-order valence-electron chi connectivity index (χ0n) is 10.9. The van der Waals surface area contributed by atoms with Gasteiger partial charge in [-0.25, -0.2) is 0 Å². The van der Waals surface area contributed by atoms with E-state index in [1.54, 1.807) is 6.07 Å². The molecule has 0 amide bonds. The van der Waals surface area contributed by atoms with Crippen LogP contribution in [0.2, 0.25) is 0 Å². The van der Waals surface area contributed by atoms with Crippen molar-refractivity contribution in [3.8, 4) is 5.75 Å². The molecule has 0 saturated carbocycles. The van der Waals surface area contributed by atoms with E-state index < -0.39 is 12.1 Å². The Morgan fingerprint density at radius 2 is 2.21 bits per heavy atom. The van der Waals surface area contributed by atoms with Crippen LogP contribution in [-0.2, 0) is 4.79 Å². The zero-order valence-corrected chi connectivity index (χ0v) is 12.5. The molecule has 0 fully saturated rings. The number of carboxylic acids is 1. The average molecular weight is 331 g/mol. The average Bonchev–Trinajstić information content (AvgIpc) is 2.36. The summed E-state index contributed by atoms with van der Waals surface area (Å²) in [6, 6.07) is 5.44. The van der Waals surface area contributed by atoms with Gasteiger partial charge in [-0.3, -0.25) is 4.79 Å². The molecule has 1 unspecified atom stereocenters. The van der Waals surface area contributed by atoms with Crippen LogP contribution in [0.15, 0.2) is 22.7 Å². The lowest BCUT2D eigenvalue weighted by Gasteiger charge is -2.13. The van der Waals surface area contributed by atoms with E-state index in [1.807, 2.05) is 19.1 Å². The highest BCUT2D eigenvalue weighted by Crippen LogP contribution is 2.30. The van der Waals surface area contributed by atoms with Gasteiger partial charge in [-0.1, -0.05) is 13.0 Å². The van der Waals surface area contributed by atoms with Crippen LogP contribution in [0.5, 0.6) is 5.75 Å². The number of ether oxygens (including phenoxy) is 1. The minimum Gasteiger partial charge on any atom is -0.492 e. The zero-order chi connectivity index (χ0) is 14.3. The monoisotopic (exact) mass is 330 g/mol. The van der Waals surface area contributed by atoms with Crippen LogP contribution in [0.1, 0.15) is 44.3 Å². The Hall–Kier alpha value is -1.07. The number of halogens is 1. The molecule has 1 aromatic carbocycles. The third-order valence-corrected chi connectivity index (χ3v) is 3.29. The summed E-state index contributed by atoms with van der Waals surface area (Å²) in [5.74, 6) is -0.0833. The van der Waals surface area contributed by atoms with Crippen molar-refractivity contribution in [2.75, 3.05) is 6.61 Å². The molecule has 2 N–H and O–H groups in total. The second kappa shape index (κ2) is 8.17. The fourth-order valence-electron chi connectivity index (χ4n) is 1.67. The molecule has 1 aromatic rings. The Morgan fingerprint density at radius 1 is 1.47 bits per heavy atom. The number of benzene rings is 1. The van der Waals surface area contributed by atoms with Gasteiger partial charge in [-0.15, -0.1) is 0 Å². The number of rotatable bonds is 8. The van der Waals surface area contributed by atoms with Gasteiger partial charge in [0.15, 0.2) is 0 Å². The topological polar surface area (TPSA) is 66.8 Å². The van der Waals surface area contributed by atoms with Crippen molar-refractivity contribution in [1.82, 2.24) is 0 Å². The highest BCUT2D eigenvalue weighted by molar-refractivity contribution is 9.10. The summed E-state index contributed by atoms with van der Waals surface area (Å²) in [5.41, 5.74) is 0.765. The summed E-state index contributed by atoms with van der Waals surface area (Å²) in [6.07, 6.45) is 1.27. The summed E-state index contributed by atoms with van der Waals surface area (Å²) < 4.78 is 6.33. The van der Waals surface area contributed by atoms with Gasteiger partial charge in [-0.05, 0) is 52.9 Å². The molecule has 106 valence electrons. The molecule has 19 heavy (non-hydrogen) atoms. The quantitative estimate of drug-likeness (QED) is 0.765. The largest absolute Gasteiger partial charge is 0.492 e. The van der Waals surface area contributed by atoms with Gasteiger partial charge in [0.2, 0.25) is 0 Å². The number of carboxylic acid groups (broad SMARTS) is 1. The maximum absolute atomic E-state index is 10.4. The van der Waals surface area contributed by atoms with Gasteiger partial charge in [0, 0.05) is 6.42 Å². The number of aliphatic hydroxyl groups excluding tert-OH is 1. The van der Waals surface area contributed by atoms with Gasteiger partial charge >= 0.3 is 5.97 Å². The second-order valence-electron chi connectivity index (χ2n) is 4.34. The molecule has 1 atom stereocenters. The van der Waals surface area contributed by atoms with Crippen LogP contribution in [0.4, 0.5) is 0 Å². The van der Waals surface area contributed by atoms with Crippen LogP contribution in [0.25, 0.3) is 0 Å². The summed E-state index contributed by atoms with van der Waals surface area (Å²) in [4.78, 5) is 10.4. The first-order chi connectivity index (χ1) is 9.04. The van der Waals surface area contributed by atoms with Crippen LogP contribution in [-0.4, -0.2) is 22.8 Å². The van der Waals surface area contributed by atoms with Crippen LogP contribution < -0.4 is 4.74 Å². The first kappa shape index (κ1) is 16.0. The third kappa shape index (κ3) is 5.61. The van der Waals surface area contributed by atoms with E-state index in [4.69, 9.17) is 9.84 Å². The molecule has 1 rings (SSSR count). The Balaban J connectivity index is 2.58. The lowest BCUT2D eigenvalue weighted by molar-refractivity contribution is -0.137. The van der Waals surface area contributed by atoms with Crippen molar-refractivity contribution < 1.29 is 19.7 Å². The van der Waals surface area contributed by atoms with Crippen molar-refractivity contribution in [3.05, 3.63) is 28.2 Å². The standard InChI is InChI=1S/C14H19BrO4/c1-2-8-19-13-7-6-10(9-11(13)15)12(16)4-3-5-14(17)18/h6-7,9,12,16H,2-5,8H2,1H3,(H,17,18). The summed E-state index contributed by atoms with van der Waals surface area (Å²) >= 11 is 3.41. The predicted molar refractivity (Wildman–Crippen MR) is 76.4 cm³/mol. The van der Waals surface area contributed by atoms with E-state index in [2.05, 4.69) is 15.9 Å².